The van der Waals surface area contributed by atoms with Gasteiger partial charge in [-0.15, -0.1) is 0 Å². The van der Waals surface area contributed by atoms with Gasteiger partial charge in [-0.3, -0.25) is 4.79 Å². The van der Waals surface area contributed by atoms with Gasteiger partial charge in [0.2, 0.25) is 11.9 Å². The lowest BCUT2D eigenvalue weighted by Crippen LogP contribution is -2.11. The Balaban J connectivity index is 1.82. The maximum Gasteiger partial charge on any atom is 0.248 e. The molecule has 0 atom stereocenters. The predicted octanol–water partition coefficient (Wildman–Crippen LogP) is 3.28. The zero-order valence-electron chi connectivity index (χ0n) is 15.4. The van der Waals surface area contributed by atoms with Crippen LogP contribution in [0.4, 0.5) is 27.5 Å². The minimum absolute atomic E-state index is 0.0753. The van der Waals surface area contributed by atoms with Crippen LogP contribution in [-0.4, -0.2) is 23.0 Å². The molecule has 1 heterocycles. The zero-order chi connectivity index (χ0) is 20.8. The molecule has 29 heavy (non-hydrogen) atoms. The van der Waals surface area contributed by atoms with Crippen LogP contribution in [0.15, 0.2) is 48.7 Å². The third kappa shape index (κ3) is 4.75. The molecule has 0 bridgehead atoms. The number of rotatable bonds is 7. The lowest BCUT2D eigenvalue weighted by atomic mass is 10.1. The number of carbonyl (C=O) groups excluding carboxylic acids is 1. The summed E-state index contributed by atoms with van der Waals surface area (Å²) in [5, 5.41) is 14.5. The number of benzene rings is 2. The third-order valence-corrected chi connectivity index (χ3v) is 3.98. The van der Waals surface area contributed by atoms with Crippen LogP contribution >= 0.6 is 0 Å². The van der Waals surface area contributed by atoms with E-state index in [1.807, 2.05) is 0 Å². The summed E-state index contributed by atoms with van der Waals surface area (Å²) in [7, 11) is 1.42. The summed E-state index contributed by atoms with van der Waals surface area (Å²) in [6, 6.07) is 13.7. The number of aromatic nitrogens is 2. The molecule has 3 aromatic rings. The van der Waals surface area contributed by atoms with E-state index in [9.17, 15) is 9.18 Å². The van der Waals surface area contributed by atoms with Crippen molar-refractivity contribution in [2.24, 2.45) is 5.73 Å². The number of halogens is 1. The number of nitrogens with zero attached hydrogens (tertiary/aromatic N) is 3. The molecule has 0 unspecified atom stereocenters. The van der Waals surface area contributed by atoms with Gasteiger partial charge in [0.05, 0.1) is 31.5 Å². The second kappa shape index (κ2) is 8.67. The molecule has 146 valence electrons. The topological polar surface area (TPSA) is 126 Å². The number of ether oxygens (including phenoxy) is 1. The van der Waals surface area contributed by atoms with E-state index in [2.05, 4.69) is 26.7 Å². The standard InChI is InChI=1S/C20H17FN6O2/c1-29-17-10-13(18(23)28)4-7-16(17)26-19-15(21)11-24-20(27-19)25-14-5-2-12(3-6-14)8-9-22/h2-7,10-11H,8H2,1H3,(H2,23,28)(H2,24,25,26,27). The summed E-state index contributed by atoms with van der Waals surface area (Å²) in [6.45, 7) is 0. The van der Waals surface area contributed by atoms with Crippen LogP contribution in [0.5, 0.6) is 5.75 Å². The number of hydrogen-bond acceptors (Lipinski definition) is 7. The molecular weight excluding hydrogens is 375 g/mol. The van der Waals surface area contributed by atoms with Gasteiger partial charge in [0.25, 0.3) is 0 Å². The van der Waals surface area contributed by atoms with Gasteiger partial charge in [0.1, 0.15) is 5.75 Å². The van der Waals surface area contributed by atoms with Crippen LogP contribution in [0.2, 0.25) is 0 Å². The van der Waals surface area contributed by atoms with Crippen LogP contribution in [0, 0.1) is 17.1 Å². The predicted molar refractivity (Wildman–Crippen MR) is 106 cm³/mol. The lowest BCUT2D eigenvalue weighted by Gasteiger charge is -2.13. The van der Waals surface area contributed by atoms with Gasteiger partial charge in [-0.2, -0.15) is 10.2 Å². The monoisotopic (exact) mass is 392 g/mol. The smallest absolute Gasteiger partial charge is 0.248 e. The number of carbonyl (C=O) groups is 1. The number of anilines is 4. The van der Waals surface area contributed by atoms with E-state index in [-0.39, 0.29) is 17.3 Å². The minimum Gasteiger partial charge on any atom is -0.495 e. The first-order valence-electron chi connectivity index (χ1n) is 8.50. The van der Waals surface area contributed by atoms with E-state index < -0.39 is 11.7 Å². The largest absolute Gasteiger partial charge is 0.495 e. The van der Waals surface area contributed by atoms with Crippen molar-refractivity contribution in [3.8, 4) is 11.8 Å². The molecule has 0 saturated heterocycles. The van der Waals surface area contributed by atoms with Gasteiger partial charge in [-0.1, -0.05) is 12.1 Å². The highest BCUT2D eigenvalue weighted by Gasteiger charge is 2.12. The molecule has 8 nitrogen and oxygen atoms in total. The number of hydrogen-bond donors (Lipinski definition) is 3. The Hall–Kier alpha value is -4.19. The second-order valence-electron chi connectivity index (χ2n) is 5.95. The molecule has 0 fully saturated rings. The summed E-state index contributed by atoms with van der Waals surface area (Å²) in [5.41, 5.74) is 7.50. The Morgan fingerprint density at radius 2 is 2.00 bits per heavy atom. The molecule has 1 amide bonds. The molecule has 1 aromatic heterocycles. The van der Waals surface area contributed by atoms with E-state index in [4.69, 9.17) is 15.7 Å². The van der Waals surface area contributed by atoms with Crippen LogP contribution in [0.25, 0.3) is 0 Å². The zero-order valence-corrected chi connectivity index (χ0v) is 15.4. The SMILES string of the molecule is COc1cc(C(N)=O)ccc1Nc1nc(Nc2ccc(CC#N)cc2)ncc1F. The molecule has 9 heteroatoms. The van der Waals surface area contributed by atoms with E-state index in [0.717, 1.165) is 11.8 Å². The van der Waals surface area contributed by atoms with Crippen molar-refractivity contribution in [1.29, 1.82) is 5.26 Å². The van der Waals surface area contributed by atoms with Gasteiger partial charge < -0.3 is 21.1 Å². The molecule has 0 aliphatic carbocycles. The number of nitriles is 1. The molecule has 0 spiro atoms. The first kappa shape index (κ1) is 19.6. The Morgan fingerprint density at radius 3 is 2.66 bits per heavy atom. The fraction of sp³-hybridized carbons (Fsp3) is 0.100. The fourth-order valence-electron chi connectivity index (χ4n) is 2.52. The highest BCUT2D eigenvalue weighted by molar-refractivity contribution is 5.94. The van der Waals surface area contributed by atoms with Gasteiger partial charge in [-0.05, 0) is 35.9 Å². The quantitative estimate of drug-likeness (QED) is 0.563. The Bertz CT molecular complexity index is 1080. The van der Waals surface area contributed by atoms with Crippen LogP contribution in [-0.2, 0) is 6.42 Å². The van der Waals surface area contributed by atoms with Gasteiger partial charge in [-0.25, -0.2) is 9.37 Å². The van der Waals surface area contributed by atoms with E-state index in [1.54, 1.807) is 30.3 Å². The van der Waals surface area contributed by atoms with Gasteiger partial charge in [0, 0.05) is 11.3 Å². The van der Waals surface area contributed by atoms with Crippen LogP contribution < -0.4 is 21.1 Å². The summed E-state index contributed by atoms with van der Waals surface area (Å²) < 4.78 is 19.4. The Labute approximate surface area is 166 Å². The van der Waals surface area contributed by atoms with Gasteiger partial charge >= 0.3 is 0 Å². The van der Waals surface area contributed by atoms with Crippen molar-refractivity contribution in [1.82, 2.24) is 9.97 Å². The van der Waals surface area contributed by atoms with Gasteiger partial charge in [0.15, 0.2) is 11.6 Å². The lowest BCUT2D eigenvalue weighted by molar-refractivity contribution is 0.1000. The third-order valence-electron chi connectivity index (χ3n) is 3.98. The molecule has 0 aliphatic heterocycles. The van der Waals surface area contributed by atoms with Crippen molar-refractivity contribution in [3.63, 3.8) is 0 Å². The molecule has 2 aromatic carbocycles. The van der Waals surface area contributed by atoms with Crippen molar-refractivity contribution in [3.05, 3.63) is 65.6 Å². The van der Waals surface area contributed by atoms with Crippen LogP contribution in [0.3, 0.4) is 0 Å². The minimum atomic E-state index is -0.666. The Morgan fingerprint density at radius 1 is 1.24 bits per heavy atom. The molecule has 0 aliphatic rings. The van der Waals surface area contributed by atoms with Crippen LogP contribution in [0.1, 0.15) is 15.9 Å². The Kier molecular flexibility index (Phi) is 5.85. The number of methoxy groups -OCH3 is 1. The average molecular weight is 392 g/mol. The number of nitrogens with two attached hydrogens (primary N) is 1. The summed E-state index contributed by atoms with van der Waals surface area (Å²) in [4.78, 5) is 19.4. The maximum atomic E-state index is 14.2. The molecular formula is C20H17FN6O2. The van der Waals surface area contributed by atoms with Crippen molar-refractivity contribution < 1.29 is 13.9 Å². The summed E-state index contributed by atoms with van der Waals surface area (Å²) in [6.07, 6.45) is 1.35. The second-order valence-corrected chi connectivity index (χ2v) is 5.95. The number of amides is 1. The molecule has 0 saturated carbocycles. The number of primary amides is 1. The highest BCUT2D eigenvalue weighted by Crippen LogP contribution is 2.29. The fourth-order valence-corrected chi connectivity index (χ4v) is 2.52. The van der Waals surface area contributed by atoms with E-state index in [0.29, 0.717) is 23.5 Å². The van der Waals surface area contributed by atoms with Crippen molar-refractivity contribution in [2.45, 2.75) is 6.42 Å². The maximum absolute atomic E-state index is 14.2. The van der Waals surface area contributed by atoms with E-state index in [1.165, 1.54) is 19.2 Å². The highest BCUT2D eigenvalue weighted by atomic mass is 19.1. The van der Waals surface area contributed by atoms with Crippen molar-refractivity contribution >= 4 is 29.0 Å². The molecule has 4 N–H and O–H groups in total. The first-order valence-corrected chi connectivity index (χ1v) is 8.50. The summed E-state index contributed by atoms with van der Waals surface area (Å²) in [5.74, 6) is -0.860. The van der Waals surface area contributed by atoms with E-state index >= 15 is 0 Å². The molecule has 0 radical (unpaired) electrons. The first-order chi connectivity index (χ1) is 14.0. The normalized spacial score (nSPS) is 10.1. The number of nitrogens with one attached hydrogen (secondary N) is 2. The summed E-state index contributed by atoms with van der Waals surface area (Å²) >= 11 is 0. The van der Waals surface area contributed by atoms with Crippen molar-refractivity contribution in [2.75, 3.05) is 17.7 Å². The molecule has 3 rings (SSSR count). The average Bonchev–Trinajstić information content (AvgIpc) is 2.72.